The van der Waals surface area contributed by atoms with Crippen LogP contribution in [0.3, 0.4) is 0 Å². The van der Waals surface area contributed by atoms with Gasteiger partial charge in [0.25, 0.3) is 5.91 Å². The summed E-state index contributed by atoms with van der Waals surface area (Å²) in [5.41, 5.74) is 0.544. The van der Waals surface area contributed by atoms with Gasteiger partial charge in [0, 0.05) is 13.1 Å². The van der Waals surface area contributed by atoms with E-state index in [2.05, 4.69) is 5.32 Å². The highest BCUT2D eigenvalue weighted by Crippen LogP contribution is 2.19. The van der Waals surface area contributed by atoms with Crippen LogP contribution in [0.25, 0.3) is 11.0 Å². The van der Waals surface area contributed by atoms with E-state index in [1.54, 1.807) is 22.8 Å². The molecule has 0 aliphatic rings. The lowest BCUT2D eigenvalue weighted by atomic mass is 10.2. The Morgan fingerprint density at radius 3 is 2.31 bits per heavy atom. The number of ether oxygens (including phenoxy) is 1. The fourth-order valence-corrected chi connectivity index (χ4v) is 3.43. The van der Waals surface area contributed by atoms with Gasteiger partial charge in [-0.3, -0.25) is 23.5 Å². The van der Waals surface area contributed by atoms with Crippen molar-refractivity contribution in [2.24, 2.45) is 0 Å². The first-order valence-electron chi connectivity index (χ1n) is 10.7. The Balaban J connectivity index is 1.50. The molecule has 0 fully saturated rings. The quantitative estimate of drug-likeness (QED) is 0.352. The predicted molar refractivity (Wildman–Crippen MR) is 120 cm³/mol. The van der Waals surface area contributed by atoms with Crippen LogP contribution in [-0.4, -0.2) is 39.6 Å². The lowest BCUT2D eigenvalue weighted by Gasteiger charge is -2.14. The van der Waals surface area contributed by atoms with E-state index in [0.29, 0.717) is 18.1 Å². The molecule has 0 aliphatic carbocycles. The average Bonchev–Trinajstić information content (AvgIpc) is 3.11. The number of halogens is 3. The molecule has 0 saturated carbocycles. The van der Waals surface area contributed by atoms with Crippen LogP contribution in [0, 0.1) is 17.5 Å². The summed E-state index contributed by atoms with van der Waals surface area (Å²) in [6, 6.07) is 8.63. The molecule has 3 rings (SSSR count). The SMILES string of the molecule is CCn1c(=O)n(CCC(=O)OC(C)C(=O)NCC(=O)Nc2ccc(F)c(F)c2F)c2ccccc21. The maximum Gasteiger partial charge on any atom is 0.329 e. The zero-order valence-electron chi connectivity index (χ0n) is 18.9. The van der Waals surface area contributed by atoms with Crippen LogP contribution in [0.2, 0.25) is 0 Å². The van der Waals surface area contributed by atoms with Crippen molar-refractivity contribution in [2.45, 2.75) is 39.5 Å². The standard InChI is InChI=1S/C23H23F3N4O5/c1-3-29-16-6-4-5-7-17(16)30(23(29)34)11-10-19(32)35-13(2)22(33)27-12-18(31)28-15-9-8-14(24)20(25)21(15)26/h4-9,13H,3,10-12H2,1-2H3,(H,27,33)(H,28,31). The molecule has 1 unspecified atom stereocenters. The lowest BCUT2D eigenvalue weighted by molar-refractivity contribution is -0.155. The number of carbonyl (C=O) groups excluding carboxylic acids is 3. The second kappa shape index (κ2) is 10.9. The molecule has 0 saturated heterocycles. The largest absolute Gasteiger partial charge is 0.452 e. The molecule has 12 heteroatoms. The highest BCUT2D eigenvalue weighted by molar-refractivity contribution is 5.95. The zero-order chi connectivity index (χ0) is 25.7. The minimum atomic E-state index is -1.74. The van der Waals surface area contributed by atoms with Gasteiger partial charge in [0.1, 0.15) is 0 Å². The van der Waals surface area contributed by atoms with Crippen molar-refractivity contribution < 1.29 is 32.3 Å². The van der Waals surface area contributed by atoms with Crippen molar-refractivity contribution in [1.82, 2.24) is 14.5 Å². The molecule has 2 N–H and O–H groups in total. The third-order valence-electron chi connectivity index (χ3n) is 5.19. The first-order valence-corrected chi connectivity index (χ1v) is 10.7. The number of benzene rings is 2. The molecular formula is C23H23F3N4O5. The maximum absolute atomic E-state index is 13.6. The first-order chi connectivity index (χ1) is 16.6. The second-order valence-electron chi connectivity index (χ2n) is 7.54. The smallest absolute Gasteiger partial charge is 0.329 e. The first kappa shape index (κ1) is 25.5. The summed E-state index contributed by atoms with van der Waals surface area (Å²) < 4.78 is 47.9. The van der Waals surface area contributed by atoms with E-state index >= 15 is 0 Å². The number of hydrogen-bond donors (Lipinski definition) is 2. The molecule has 35 heavy (non-hydrogen) atoms. The second-order valence-corrected chi connectivity index (χ2v) is 7.54. The van der Waals surface area contributed by atoms with E-state index in [1.165, 1.54) is 11.5 Å². The number of nitrogens with zero attached hydrogens (tertiary/aromatic N) is 2. The molecule has 3 aromatic rings. The highest BCUT2D eigenvalue weighted by atomic mass is 19.2. The van der Waals surface area contributed by atoms with Crippen LogP contribution in [0.5, 0.6) is 0 Å². The molecule has 9 nitrogen and oxygen atoms in total. The minimum absolute atomic E-state index is 0.0434. The summed E-state index contributed by atoms with van der Waals surface area (Å²) in [6.07, 6.45) is -1.44. The lowest BCUT2D eigenvalue weighted by Crippen LogP contribution is -2.40. The Kier molecular flexibility index (Phi) is 7.94. The molecular weight excluding hydrogens is 469 g/mol. The van der Waals surface area contributed by atoms with Gasteiger partial charge in [0.2, 0.25) is 5.91 Å². The summed E-state index contributed by atoms with van der Waals surface area (Å²) in [5.74, 6) is -7.18. The summed E-state index contributed by atoms with van der Waals surface area (Å²) in [7, 11) is 0. The van der Waals surface area contributed by atoms with Crippen LogP contribution >= 0.6 is 0 Å². The van der Waals surface area contributed by atoms with Gasteiger partial charge < -0.3 is 15.4 Å². The summed E-state index contributed by atoms with van der Waals surface area (Å²) in [6.45, 7) is 2.99. The Hall–Kier alpha value is -4.09. The fraction of sp³-hybridized carbons (Fsp3) is 0.304. The number of nitrogens with one attached hydrogen (secondary N) is 2. The third-order valence-corrected chi connectivity index (χ3v) is 5.19. The molecule has 1 aromatic heterocycles. The van der Waals surface area contributed by atoms with Crippen molar-refractivity contribution >= 4 is 34.5 Å². The van der Waals surface area contributed by atoms with Gasteiger partial charge in [-0.15, -0.1) is 0 Å². The molecule has 2 amide bonds. The number of fused-ring (bicyclic) bond motifs is 1. The van der Waals surface area contributed by atoms with E-state index < -0.39 is 53.6 Å². The van der Waals surface area contributed by atoms with Gasteiger partial charge >= 0.3 is 11.7 Å². The van der Waals surface area contributed by atoms with Gasteiger partial charge in [0.15, 0.2) is 23.6 Å². The summed E-state index contributed by atoms with van der Waals surface area (Å²) in [5, 5.41) is 4.20. The van der Waals surface area contributed by atoms with E-state index in [0.717, 1.165) is 11.6 Å². The predicted octanol–water partition coefficient (Wildman–Crippen LogP) is 2.32. The summed E-state index contributed by atoms with van der Waals surface area (Å²) >= 11 is 0. The van der Waals surface area contributed by atoms with Gasteiger partial charge in [-0.2, -0.15) is 0 Å². The summed E-state index contributed by atoms with van der Waals surface area (Å²) in [4.78, 5) is 48.8. The number of hydrogen-bond acceptors (Lipinski definition) is 5. The monoisotopic (exact) mass is 492 g/mol. The van der Waals surface area contributed by atoms with Crippen molar-refractivity contribution in [3.8, 4) is 0 Å². The number of para-hydroxylation sites is 2. The normalized spacial score (nSPS) is 11.8. The molecule has 0 spiro atoms. The third kappa shape index (κ3) is 5.70. The minimum Gasteiger partial charge on any atom is -0.452 e. The topological polar surface area (TPSA) is 111 Å². The van der Waals surface area contributed by atoms with Crippen molar-refractivity contribution in [3.05, 3.63) is 64.3 Å². The Morgan fingerprint density at radius 1 is 1.00 bits per heavy atom. The Labute approximate surface area is 197 Å². The van der Waals surface area contributed by atoms with Gasteiger partial charge in [-0.1, -0.05) is 12.1 Å². The van der Waals surface area contributed by atoms with Crippen LogP contribution < -0.4 is 16.3 Å². The fourth-order valence-electron chi connectivity index (χ4n) is 3.43. The number of esters is 1. The number of aryl methyl sites for hydroxylation is 2. The van der Waals surface area contributed by atoms with Crippen molar-refractivity contribution in [2.75, 3.05) is 11.9 Å². The Morgan fingerprint density at radius 2 is 1.66 bits per heavy atom. The molecule has 186 valence electrons. The number of rotatable bonds is 9. The highest BCUT2D eigenvalue weighted by Gasteiger charge is 2.20. The van der Waals surface area contributed by atoms with Crippen LogP contribution in [-0.2, 0) is 32.2 Å². The van der Waals surface area contributed by atoms with Gasteiger partial charge in [-0.05, 0) is 38.1 Å². The van der Waals surface area contributed by atoms with E-state index in [9.17, 15) is 32.3 Å². The number of aromatic nitrogens is 2. The maximum atomic E-state index is 13.6. The number of imidazole rings is 1. The van der Waals surface area contributed by atoms with Crippen LogP contribution in [0.4, 0.5) is 18.9 Å². The van der Waals surface area contributed by atoms with E-state index in [1.807, 2.05) is 18.3 Å². The van der Waals surface area contributed by atoms with Crippen LogP contribution in [0.15, 0.2) is 41.2 Å². The Bertz CT molecular complexity index is 1330. The molecule has 1 atom stereocenters. The van der Waals surface area contributed by atoms with Gasteiger partial charge in [0.05, 0.1) is 29.7 Å². The van der Waals surface area contributed by atoms with E-state index in [-0.39, 0.29) is 18.7 Å². The van der Waals surface area contributed by atoms with E-state index in [4.69, 9.17) is 4.74 Å². The molecule has 1 heterocycles. The molecule has 0 bridgehead atoms. The molecule has 0 radical (unpaired) electrons. The van der Waals surface area contributed by atoms with Crippen molar-refractivity contribution in [1.29, 1.82) is 0 Å². The van der Waals surface area contributed by atoms with Crippen molar-refractivity contribution in [3.63, 3.8) is 0 Å². The molecule has 0 aliphatic heterocycles. The average molecular weight is 492 g/mol. The number of carbonyl (C=O) groups is 3. The van der Waals surface area contributed by atoms with Gasteiger partial charge in [-0.25, -0.2) is 18.0 Å². The zero-order valence-corrected chi connectivity index (χ0v) is 18.9. The number of amides is 2. The van der Waals surface area contributed by atoms with Crippen LogP contribution in [0.1, 0.15) is 20.3 Å². The number of anilines is 1. The molecule has 2 aromatic carbocycles.